The molecule has 3 aliphatic rings. The normalized spacial score (nSPS) is 16.8. The number of fused-ring (bicyclic) bond motifs is 1. The molecule has 3 aliphatic heterocycles. The number of H-pyrrole nitrogens is 1. The number of pyridine rings is 1. The van der Waals surface area contributed by atoms with Gasteiger partial charge >= 0.3 is 0 Å². The number of aryl methyl sites for hydroxylation is 1. The first-order valence-corrected chi connectivity index (χ1v) is 18.6. The molecule has 6 heterocycles. The minimum absolute atomic E-state index is 0.0415. The first-order chi connectivity index (χ1) is 26.8. The molecule has 0 bridgehead atoms. The molecule has 2 aromatic carbocycles. The van der Waals surface area contributed by atoms with Gasteiger partial charge in [0.05, 0.1) is 44.8 Å². The molecule has 55 heavy (non-hydrogen) atoms. The van der Waals surface area contributed by atoms with Crippen molar-refractivity contribution in [1.29, 1.82) is 0 Å². The molecule has 0 saturated carbocycles. The molecular weight excluding hydrogens is 708 g/mol. The molecule has 0 unspecified atom stereocenters. The third-order valence-corrected chi connectivity index (χ3v) is 10.6. The van der Waals surface area contributed by atoms with Crippen molar-refractivity contribution >= 4 is 34.1 Å². The van der Waals surface area contributed by atoms with E-state index in [9.17, 15) is 14.0 Å². The number of nitrogens with zero attached hydrogens (tertiary/aromatic N) is 8. The highest BCUT2D eigenvalue weighted by atomic mass is 19.1. The van der Waals surface area contributed by atoms with E-state index in [1.165, 1.54) is 13.2 Å². The Morgan fingerprint density at radius 3 is 2.49 bits per heavy atom. The van der Waals surface area contributed by atoms with Crippen LogP contribution in [0.15, 0.2) is 67.1 Å². The van der Waals surface area contributed by atoms with E-state index < -0.39 is 11.6 Å². The van der Waals surface area contributed by atoms with Crippen molar-refractivity contribution in [2.45, 2.75) is 25.9 Å². The van der Waals surface area contributed by atoms with Crippen LogP contribution in [-0.4, -0.2) is 124 Å². The van der Waals surface area contributed by atoms with E-state index in [0.717, 1.165) is 55.7 Å². The first-order valence-electron chi connectivity index (χ1n) is 18.6. The lowest BCUT2D eigenvalue weighted by molar-refractivity contribution is -0.131. The van der Waals surface area contributed by atoms with Gasteiger partial charge in [0.2, 0.25) is 5.91 Å². The molecule has 13 nitrogen and oxygen atoms in total. The van der Waals surface area contributed by atoms with Crippen LogP contribution in [0.5, 0.6) is 5.75 Å². The number of rotatable bonds is 10. The predicted octanol–water partition coefficient (Wildman–Crippen LogP) is 4.61. The van der Waals surface area contributed by atoms with Gasteiger partial charge in [0.25, 0.3) is 5.91 Å². The van der Waals surface area contributed by atoms with Gasteiger partial charge in [0.15, 0.2) is 17.4 Å². The average Bonchev–Trinajstić information content (AvgIpc) is 3.92. The van der Waals surface area contributed by atoms with E-state index >= 15 is 4.39 Å². The zero-order valence-corrected chi connectivity index (χ0v) is 30.7. The summed E-state index contributed by atoms with van der Waals surface area (Å²) in [5, 5.41) is 8.36. The summed E-state index contributed by atoms with van der Waals surface area (Å²) in [7, 11) is 1.47. The lowest BCUT2D eigenvalue weighted by Crippen LogP contribution is -2.49. The number of halogens is 2. The van der Waals surface area contributed by atoms with E-state index in [0.29, 0.717) is 73.8 Å². The van der Waals surface area contributed by atoms with Crippen LogP contribution in [0.4, 0.5) is 14.6 Å². The highest BCUT2D eigenvalue weighted by Crippen LogP contribution is 2.37. The van der Waals surface area contributed by atoms with Gasteiger partial charge in [-0.05, 0) is 40.8 Å². The molecule has 15 heteroatoms. The maximum absolute atomic E-state index is 16.8. The van der Waals surface area contributed by atoms with Gasteiger partial charge in [-0.25, -0.2) is 13.8 Å². The van der Waals surface area contributed by atoms with Gasteiger partial charge in [0, 0.05) is 88.5 Å². The maximum atomic E-state index is 16.8. The zero-order chi connectivity index (χ0) is 37.9. The molecule has 0 radical (unpaired) electrons. The molecule has 2 saturated heterocycles. The van der Waals surface area contributed by atoms with Crippen LogP contribution in [0.1, 0.15) is 34.5 Å². The smallest absolute Gasteiger partial charge is 0.270 e. The third kappa shape index (κ3) is 7.80. The topological polar surface area (TPSA) is 125 Å². The summed E-state index contributed by atoms with van der Waals surface area (Å²) in [6.45, 7) is 6.92. The van der Waals surface area contributed by atoms with Crippen LogP contribution in [0.3, 0.4) is 0 Å². The first kappa shape index (κ1) is 36.3. The Labute approximate surface area is 317 Å². The van der Waals surface area contributed by atoms with Gasteiger partial charge in [-0.15, -0.1) is 5.10 Å². The summed E-state index contributed by atoms with van der Waals surface area (Å²) in [5.41, 5.74) is 4.47. The van der Waals surface area contributed by atoms with Crippen LogP contribution < -0.4 is 9.64 Å². The van der Waals surface area contributed by atoms with Crippen LogP contribution in [-0.2, 0) is 22.6 Å². The number of carbonyl (C=O) groups excluding carboxylic acids is 2. The second-order valence-corrected chi connectivity index (χ2v) is 14.1. The fourth-order valence-corrected chi connectivity index (χ4v) is 7.62. The van der Waals surface area contributed by atoms with Crippen molar-refractivity contribution in [3.8, 4) is 16.9 Å². The van der Waals surface area contributed by atoms with E-state index in [-0.39, 0.29) is 36.0 Å². The molecule has 5 aromatic rings. The van der Waals surface area contributed by atoms with Gasteiger partial charge in [-0.3, -0.25) is 19.2 Å². The summed E-state index contributed by atoms with van der Waals surface area (Å²) in [5.74, 6) is -0.398. The van der Waals surface area contributed by atoms with E-state index in [1.807, 2.05) is 29.2 Å². The number of nitrogens with one attached hydrogen (secondary N) is 1. The molecular formula is C40H43F2N9O4. The fraction of sp³-hybridized carbons (Fsp3) is 0.375. The SMILES string of the molecule is COc1cc(F)cnc1N1CCN(C(=O)c2cc3c(-c4ccc(CN5CCOCC5)cc4)cc(C4=CCCN(C(=O)CCn5ccnn5)C4)c(F)c3[nH]2)CC1. The predicted molar refractivity (Wildman–Crippen MR) is 202 cm³/mol. The molecule has 2 amide bonds. The Morgan fingerprint density at radius 1 is 0.945 bits per heavy atom. The van der Waals surface area contributed by atoms with Crippen molar-refractivity contribution in [2.75, 3.05) is 77.6 Å². The number of piperazine rings is 1. The number of methoxy groups -OCH3 is 1. The highest BCUT2D eigenvalue weighted by molar-refractivity contribution is 6.04. The number of aromatic amines is 1. The second kappa shape index (κ2) is 16.0. The Hall–Kier alpha value is -5.67. The minimum Gasteiger partial charge on any atom is -0.493 e. The summed E-state index contributed by atoms with van der Waals surface area (Å²) in [6, 6.07) is 13.2. The van der Waals surface area contributed by atoms with Crippen molar-refractivity contribution < 1.29 is 27.8 Å². The standard InChI is InChI=1S/C40H43F2N9O4/c1-54-35-21-30(41)24-43-39(35)48-13-15-49(16-14-48)40(53)34-23-33-31(28-6-4-27(5-7-28)25-47-17-19-55-20-18-47)22-32(37(42)38(33)45-34)29-3-2-10-50(26-29)36(52)8-11-51-12-9-44-46-51/h3-7,9,12,21-24,45H,2,8,10-11,13-20,25-26H2,1H3. The molecule has 0 atom stereocenters. The van der Waals surface area contributed by atoms with E-state index in [4.69, 9.17) is 9.47 Å². The fourth-order valence-electron chi connectivity index (χ4n) is 7.62. The zero-order valence-electron chi connectivity index (χ0n) is 30.7. The van der Waals surface area contributed by atoms with Crippen LogP contribution in [0.25, 0.3) is 27.6 Å². The molecule has 286 valence electrons. The number of amides is 2. The number of morpholine rings is 1. The summed E-state index contributed by atoms with van der Waals surface area (Å²) in [4.78, 5) is 42.5. The number of benzene rings is 2. The van der Waals surface area contributed by atoms with Gasteiger partial charge in [-0.1, -0.05) is 35.6 Å². The lowest BCUT2D eigenvalue weighted by Gasteiger charge is -2.35. The van der Waals surface area contributed by atoms with E-state index in [2.05, 4.69) is 37.3 Å². The maximum Gasteiger partial charge on any atom is 0.270 e. The van der Waals surface area contributed by atoms with Crippen LogP contribution in [0, 0.1) is 11.6 Å². The van der Waals surface area contributed by atoms with Gasteiger partial charge < -0.3 is 29.2 Å². The highest BCUT2D eigenvalue weighted by Gasteiger charge is 2.29. The number of aromatic nitrogens is 5. The van der Waals surface area contributed by atoms with E-state index in [1.54, 1.807) is 32.9 Å². The number of ether oxygens (including phenoxy) is 2. The Balaban J connectivity index is 1.08. The van der Waals surface area contributed by atoms with Crippen molar-refractivity contribution in [3.05, 3.63) is 95.6 Å². The number of carbonyl (C=O) groups is 2. The summed E-state index contributed by atoms with van der Waals surface area (Å²) >= 11 is 0. The Kier molecular flexibility index (Phi) is 10.5. The minimum atomic E-state index is -0.489. The van der Waals surface area contributed by atoms with Crippen LogP contribution in [0.2, 0.25) is 0 Å². The Bertz CT molecular complexity index is 2190. The molecule has 0 aliphatic carbocycles. The number of hydrogen-bond donors (Lipinski definition) is 1. The van der Waals surface area contributed by atoms with Crippen LogP contribution >= 0.6 is 0 Å². The van der Waals surface area contributed by atoms with Crippen molar-refractivity contribution in [1.82, 2.24) is 39.7 Å². The largest absolute Gasteiger partial charge is 0.493 e. The van der Waals surface area contributed by atoms with Crippen molar-refractivity contribution in [2.24, 2.45) is 0 Å². The summed E-state index contributed by atoms with van der Waals surface area (Å²) < 4.78 is 43.1. The summed E-state index contributed by atoms with van der Waals surface area (Å²) in [6.07, 6.45) is 7.29. The average molecular weight is 752 g/mol. The number of anilines is 1. The number of hydrogen-bond acceptors (Lipinski definition) is 9. The monoisotopic (exact) mass is 751 g/mol. The molecule has 1 N–H and O–H groups in total. The third-order valence-electron chi connectivity index (χ3n) is 10.6. The van der Waals surface area contributed by atoms with Gasteiger partial charge in [0.1, 0.15) is 11.5 Å². The molecule has 3 aromatic heterocycles. The molecule has 2 fully saturated rings. The molecule has 0 spiro atoms. The Morgan fingerprint density at radius 2 is 1.75 bits per heavy atom. The molecule has 8 rings (SSSR count). The lowest BCUT2D eigenvalue weighted by atomic mass is 9.93. The second-order valence-electron chi connectivity index (χ2n) is 14.1. The van der Waals surface area contributed by atoms with Crippen molar-refractivity contribution in [3.63, 3.8) is 0 Å². The van der Waals surface area contributed by atoms with Gasteiger partial charge in [-0.2, -0.15) is 0 Å². The quantitative estimate of drug-likeness (QED) is 0.218.